The van der Waals surface area contributed by atoms with Crippen LogP contribution in [-0.2, 0) is 26.0 Å². The molecule has 0 saturated heterocycles. The van der Waals surface area contributed by atoms with Gasteiger partial charge in [0.15, 0.2) is 0 Å². The molecule has 2 aromatic carbocycles. The molecule has 0 saturated carbocycles. The number of hydrogen-bond donors (Lipinski definition) is 3. The first-order valence-corrected chi connectivity index (χ1v) is 18.5. The molecular weight excluding hydrogens is 614 g/mol. The Hall–Kier alpha value is -3.02. The molecule has 0 aliphatic heterocycles. The summed E-state index contributed by atoms with van der Waals surface area (Å²) in [5.74, 6) is 0.316. The zero-order valence-electron chi connectivity index (χ0n) is 28.6. The second-order valence-corrected chi connectivity index (χ2v) is 14.7. The van der Waals surface area contributed by atoms with Crippen molar-refractivity contribution in [3.8, 4) is 5.75 Å². The van der Waals surface area contributed by atoms with Crippen molar-refractivity contribution in [2.45, 2.75) is 102 Å². The maximum Gasteiger partial charge on any atom is 0.238 e. The summed E-state index contributed by atoms with van der Waals surface area (Å²) in [7, 11) is -2.19. The number of sulfonamides is 1. The molecule has 3 N–H and O–H groups in total. The van der Waals surface area contributed by atoms with E-state index in [1.165, 1.54) is 11.4 Å². The number of unbranched alkanes of at least 4 members (excludes halogenated alkanes) is 2. The van der Waals surface area contributed by atoms with Crippen LogP contribution >= 0.6 is 0 Å². The van der Waals surface area contributed by atoms with E-state index in [0.29, 0.717) is 32.3 Å². The molecule has 0 aromatic heterocycles. The Morgan fingerprint density at radius 1 is 1.11 bits per heavy atom. The van der Waals surface area contributed by atoms with Crippen molar-refractivity contribution in [2.24, 2.45) is 0 Å². The Morgan fingerprint density at radius 2 is 1.85 bits per heavy atom. The standard InChI is InChI=1S/C37H55N3O6S/c1-7-10-15-22-47(43,44)40(6)34(18-11-8-2)37(42)39-33(23-28-16-13-12-14-17-28)35(41)26-38-32-25-36(45-21-9-3)30-20-19-29(24-31(30)32)46-27(4)5/h8-9,12-14,16-17,19-20,24,27,32-36,38,41H,2-3,7,10-11,15,18,21-23,25-26H2,1,4-6H3,(H,39,42)/t32-,33-,34-,35+,36+/m0/s1. The summed E-state index contributed by atoms with van der Waals surface area (Å²) < 4.78 is 39.6. The predicted molar refractivity (Wildman–Crippen MR) is 189 cm³/mol. The number of carbonyl (C=O) groups is 1. The fourth-order valence-electron chi connectivity index (χ4n) is 5.96. The highest BCUT2D eigenvalue weighted by atomic mass is 32.2. The summed E-state index contributed by atoms with van der Waals surface area (Å²) in [4.78, 5) is 13.8. The maximum atomic E-state index is 13.8. The average Bonchev–Trinajstić information content (AvgIpc) is 3.39. The molecule has 0 radical (unpaired) electrons. The minimum absolute atomic E-state index is 0.0144. The van der Waals surface area contributed by atoms with Gasteiger partial charge in [-0.3, -0.25) is 4.79 Å². The Labute approximate surface area is 282 Å². The van der Waals surface area contributed by atoms with Crippen LogP contribution in [0.3, 0.4) is 0 Å². The van der Waals surface area contributed by atoms with Gasteiger partial charge in [-0.05, 0) is 74.8 Å². The number of hydrogen-bond acceptors (Lipinski definition) is 7. The lowest BCUT2D eigenvalue weighted by atomic mass is 9.99. The van der Waals surface area contributed by atoms with E-state index >= 15 is 0 Å². The van der Waals surface area contributed by atoms with Gasteiger partial charge in [-0.1, -0.05) is 68.3 Å². The molecule has 0 unspecified atom stereocenters. The van der Waals surface area contributed by atoms with Crippen LogP contribution in [0.2, 0.25) is 0 Å². The van der Waals surface area contributed by atoms with Gasteiger partial charge in [0, 0.05) is 19.6 Å². The van der Waals surface area contributed by atoms with Crippen LogP contribution in [0.5, 0.6) is 5.75 Å². The summed E-state index contributed by atoms with van der Waals surface area (Å²) in [5, 5.41) is 18.2. The second-order valence-electron chi connectivity index (χ2n) is 12.6. The first kappa shape index (κ1) is 38.4. The molecule has 260 valence electrons. The van der Waals surface area contributed by atoms with E-state index < -0.39 is 34.1 Å². The van der Waals surface area contributed by atoms with Gasteiger partial charge >= 0.3 is 0 Å². The lowest BCUT2D eigenvalue weighted by Gasteiger charge is -2.31. The third kappa shape index (κ3) is 11.6. The fourth-order valence-corrected chi connectivity index (χ4v) is 7.40. The second kappa shape index (κ2) is 19.1. The molecule has 5 atom stereocenters. The molecule has 0 fully saturated rings. The number of allylic oxidation sites excluding steroid dienone is 1. The van der Waals surface area contributed by atoms with Crippen molar-refractivity contribution < 1.29 is 27.8 Å². The van der Waals surface area contributed by atoms with Crippen molar-refractivity contribution in [1.82, 2.24) is 14.9 Å². The summed E-state index contributed by atoms with van der Waals surface area (Å²) in [6, 6.07) is 13.9. The smallest absolute Gasteiger partial charge is 0.238 e. The zero-order valence-corrected chi connectivity index (χ0v) is 29.4. The largest absolute Gasteiger partial charge is 0.491 e. The molecule has 1 aliphatic rings. The van der Waals surface area contributed by atoms with Crippen LogP contribution in [0.25, 0.3) is 0 Å². The van der Waals surface area contributed by atoms with Crippen molar-refractivity contribution in [1.29, 1.82) is 0 Å². The van der Waals surface area contributed by atoms with E-state index in [1.54, 1.807) is 12.2 Å². The number of nitrogens with zero attached hydrogens (tertiary/aromatic N) is 1. The maximum absolute atomic E-state index is 13.8. The van der Waals surface area contributed by atoms with Crippen LogP contribution in [0.1, 0.15) is 88.1 Å². The van der Waals surface area contributed by atoms with E-state index in [1.807, 2.05) is 69.3 Å². The fraction of sp³-hybridized carbons (Fsp3) is 0.541. The number of likely N-dealkylation sites (N-methyl/N-ethyl adjacent to an activating group) is 1. The third-order valence-corrected chi connectivity index (χ3v) is 10.4. The van der Waals surface area contributed by atoms with E-state index in [2.05, 4.69) is 23.8 Å². The minimum Gasteiger partial charge on any atom is -0.491 e. The van der Waals surface area contributed by atoms with Crippen LogP contribution in [0.15, 0.2) is 73.8 Å². The highest BCUT2D eigenvalue weighted by Crippen LogP contribution is 2.42. The quantitative estimate of drug-likeness (QED) is 0.110. The lowest BCUT2D eigenvalue weighted by Crippen LogP contribution is -2.55. The molecule has 1 amide bonds. The molecular formula is C37H55N3O6S. The molecule has 9 nitrogen and oxygen atoms in total. The molecule has 2 aromatic rings. The van der Waals surface area contributed by atoms with E-state index in [-0.39, 0.29) is 37.0 Å². The van der Waals surface area contributed by atoms with Gasteiger partial charge in [0.2, 0.25) is 15.9 Å². The van der Waals surface area contributed by atoms with Crippen LogP contribution in [0, 0.1) is 0 Å². The van der Waals surface area contributed by atoms with Gasteiger partial charge < -0.3 is 25.2 Å². The predicted octanol–water partition coefficient (Wildman–Crippen LogP) is 5.63. The number of fused-ring (bicyclic) bond motifs is 1. The number of aliphatic hydroxyl groups excluding tert-OH is 1. The third-order valence-electron chi connectivity index (χ3n) is 8.51. The summed E-state index contributed by atoms with van der Waals surface area (Å²) in [6.07, 6.45) is 6.36. The molecule has 10 heteroatoms. The van der Waals surface area contributed by atoms with E-state index in [9.17, 15) is 18.3 Å². The van der Waals surface area contributed by atoms with Gasteiger partial charge in [0.25, 0.3) is 0 Å². The van der Waals surface area contributed by atoms with Gasteiger partial charge in [-0.15, -0.1) is 13.2 Å². The number of aliphatic hydroxyl groups is 1. The first-order chi connectivity index (χ1) is 22.5. The molecule has 47 heavy (non-hydrogen) atoms. The molecule has 0 spiro atoms. The monoisotopic (exact) mass is 669 g/mol. The summed E-state index contributed by atoms with van der Waals surface area (Å²) >= 11 is 0. The van der Waals surface area contributed by atoms with Crippen molar-refractivity contribution in [3.63, 3.8) is 0 Å². The number of amides is 1. The summed E-state index contributed by atoms with van der Waals surface area (Å²) in [6.45, 7) is 14.1. The molecule has 1 aliphatic carbocycles. The highest BCUT2D eigenvalue weighted by Gasteiger charge is 2.35. The van der Waals surface area contributed by atoms with Crippen molar-refractivity contribution in [3.05, 3.63) is 90.5 Å². The average molecular weight is 670 g/mol. The van der Waals surface area contributed by atoms with Gasteiger partial charge in [-0.2, -0.15) is 4.31 Å². The van der Waals surface area contributed by atoms with Gasteiger partial charge in [-0.25, -0.2) is 8.42 Å². The number of rotatable bonds is 22. The molecule has 0 heterocycles. The Balaban J connectivity index is 1.81. The van der Waals surface area contributed by atoms with Crippen molar-refractivity contribution >= 4 is 15.9 Å². The lowest BCUT2D eigenvalue weighted by molar-refractivity contribution is -0.126. The van der Waals surface area contributed by atoms with E-state index in [0.717, 1.165) is 35.3 Å². The number of benzene rings is 2. The Morgan fingerprint density at radius 3 is 2.51 bits per heavy atom. The first-order valence-electron chi connectivity index (χ1n) is 16.9. The number of ether oxygens (including phenoxy) is 2. The molecule has 0 bridgehead atoms. The Kier molecular flexibility index (Phi) is 15.6. The normalized spacial score (nSPS) is 18.0. The minimum atomic E-state index is -3.66. The molecule has 3 rings (SSSR count). The topological polar surface area (TPSA) is 117 Å². The zero-order chi connectivity index (χ0) is 34.4. The number of nitrogens with one attached hydrogen (secondary N) is 2. The van der Waals surface area contributed by atoms with Crippen LogP contribution in [-0.4, -0.2) is 74.0 Å². The number of carbonyl (C=O) groups excluding carboxylic acids is 1. The van der Waals surface area contributed by atoms with Crippen molar-refractivity contribution in [2.75, 3.05) is 26.0 Å². The van der Waals surface area contributed by atoms with Crippen LogP contribution < -0.4 is 15.4 Å². The highest BCUT2D eigenvalue weighted by molar-refractivity contribution is 7.89. The summed E-state index contributed by atoms with van der Waals surface area (Å²) in [5.41, 5.74) is 3.06. The Bertz CT molecular complexity index is 1380. The van der Waals surface area contributed by atoms with Gasteiger partial charge in [0.1, 0.15) is 11.8 Å². The van der Waals surface area contributed by atoms with Crippen LogP contribution in [0.4, 0.5) is 0 Å². The SMILES string of the molecule is C=CCC[C@@H](C(=O)N[C@@H](Cc1ccccc1)[C@H](O)CN[C@H]1C[C@@H](OCC=C)c2ccc(OC(C)C)cc21)N(C)S(=O)(=O)CCCCC. The van der Waals surface area contributed by atoms with Gasteiger partial charge in [0.05, 0.1) is 36.7 Å². The van der Waals surface area contributed by atoms with E-state index in [4.69, 9.17) is 9.47 Å².